The molecule has 22 heavy (non-hydrogen) atoms. The molecule has 0 spiro atoms. The first-order valence-corrected chi connectivity index (χ1v) is 9.25. The Hall–Kier alpha value is -0.480. The first-order chi connectivity index (χ1) is 10.5. The van der Waals surface area contributed by atoms with Crippen molar-refractivity contribution in [3.63, 3.8) is 0 Å². The van der Waals surface area contributed by atoms with E-state index in [1.807, 2.05) is 0 Å². The number of hydrogen-bond acceptors (Lipinski definition) is 4. The van der Waals surface area contributed by atoms with Gasteiger partial charge in [0.25, 0.3) is 0 Å². The molecular weight excluding hydrogens is 276 g/mol. The lowest BCUT2D eigenvalue weighted by Gasteiger charge is -2.38. The largest absolute Gasteiger partial charge is 0.349 e. The summed E-state index contributed by atoms with van der Waals surface area (Å²) in [5.41, 5.74) is -0.811. The summed E-state index contributed by atoms with van der Waals surface area (Å²) >= 11 is 0. The highest BCUT2D eigenvalue weighted by atomic mass is 16.5. The second kappa shape index (κ2) is 7.87. The second-order valence-electron chi connectivity index (χ2n) is 7.55. The van der Waals surface area contributed by atoms with Crippen LogP contribution in [-0.4, -0.2) is 23.7 Å². The summed E-state index contributed by atoms with van der Waals surface area (Å²) in [7, 11) is 0. The molecule has 0 N–H and O–H groups in total. The highest BCUT2D eigenvalue weighted by Gasteiger charge is 2.38. The number of hydrogen-bond donors (Lipinski definition) is 0. The molecule has 0 aliphatic heterocycles. The van der Waals surface area contributed by atoms with Crippen molar-refractivity contribution in [1.82, 2.24) is 0 Å². The van der Waals surface area contributed by atoms with E-state index in [2.05, 4.69) is 27.7 Å². The fourth-order valence-corrected chi connectivity index (χ4v) is 3.75. The Morgan fingerprint density at radius 1 is 0.591 bits per heavy atom. The van der Waals surface area contributed by atoms with Crippen LogP contribution in [0.2, 0.25) is 0 Å². The van der Waals surface area contributed by atoms with Crippen LogP contribution in [0.3, 0.4) is 0 Å². The Kier molecular flexibility index (Phi) is 6.39. The van der Waals surface area contributed by atoms with Crippen LogP contribution in [0.4, 0.5) is 0 Å². The smallest absolute Gasteiger partial charge is 0.179 e. The lowest BCUT2D eigenvalue weighted by atomic mass is 9.91. The summed E-state index contributed by atoms with van der Waals surface area (Å²) in [5.74, 6) is 0. The molecular formula is C18H34N2O2. The van der Waals surface area contributed by atoms with E-state index in [0.717, 1.165) is 25.7 Å². The maximum absolute atomic E-state index is 6.20. The molecule has 0 radical (unpaired) electrons. The lowest BCUT2D eigenvalue weighted by Crippen LogP contribution is -2.39. The predicted octanol–water partition coefficient (Wildman–Crippen LogP) is 5.61. The van der Waals surface area contributed by atoms with Crippen molar-refractivity contribution in [1.29, 1.82) is 0 Å². The third-order valence-electron chi connectivity index (χ3n) is 4.59. The Morgan fingerprint density at radius 2 is 0.909 bits per heavy atom. The first-order valence-electron chi connectivity index (χ1n) is 9.25. The van der Waals surface area contributed by atoms with Crippen LogP contribution >= 0.6 is 0 Å². The minimum absolute atomic E-state index is 0.186. The van der Waals surface area contributed by atoms with Crippen LogP contribution in [0, 0.1) is 0 Å². The Labute approximate surface area is 136 Å². The van der Waals surface area contributed by atoms with Gasteiger partial charge in [0.15, 0.2) is 11.4 Å². The molecule has 0 aromatic heterocycles. The third-order valence-corrected chi connectivity index (χ3v) is 4.59. The highest BCUT2D eigenvalue weighted by Crippen LogP contribution is 2.39. The van der Waals surface area contributed by atoms with Gasteiger partial charge in [-0.3, -0.25) is 0 Å². The van der Waals surface area contributed by atoms with E-state index in [9.17, 15) is 0 Å². The van der Waals surface area contributed by atoms with E-state index in [1.165, 1.54) is 38.5 Å². The minimum atomic E-state index is -0.406. The second-order valence-corrected chi connectivity index (χ2v) is 7.55. The molecule has 4 nitrogen and oxygen atoms in total. The molecule has 0 unspecified atom stereocenters. The van der Waals surface area contributed by atoms with E-state index in [1.54, 1.807) is 0 Å². The number of rotatable bonds is 6. The van der Waals surface area contributed by atoms with E-state index < -0.39 is 11.4 Å². The predicted molar refractivity (Wildman–Crippen MR) is 88.9 cm³/mol. The van der Waals surface area contributed by atoms with E-state index in [-0.39, 0.29) is 12.2 Å². The van der Waals surface area contributed by atoms with Crippen molar-refractivity contribution >= 4 is 0 Å². The zero-order chi connectivity index (χ0) is 16.1. The minimum Gasteiger partial charge on any atom is -0.349 e. The topological polar surface area (TPSA) is 43.2 Å². The van der Waals surface area contributed by atoms with Gasteiger partial charge in [0, 0.05) is 0 Å². The van der Waals surface area contributed by atoms with E-state index >= 15 is 0 Å². The molecule has 0 atom stereocenters. The Morgan fingerprint density at radius 3 is 1.18 bits per heavy atom. The fraction of sp³-hybridized carbons (Fsp3) is 1.00. The molecule has 0 bridgehead atoms. The monoisotopic (exact) mass is 310 g/mol. The van der Waals surface area contributed by atoms with Crippen LogP contribution < -0.4 is 0 Å². The summed E-state index contributed by atoms with van der Waals surface area (Å²) in [6.07, 6.45) is 11.6. The van der Waals surface area contributed by atoms with Gasteiger partial charge >= 0.3 is 0 Å². The van der Waals surface area contributed by atoms with Crippen molar-refractivity contribution in [3.05, 3.63) is 0 Å². The molecule has 0 amide bonds. The summed E-state index contributed by atoms with van der Waals surface area (Å²) in [6.45, 7) is 8.36. The molecule has 2 aliphatic rings. The molecule has 2 saturated carbocycles. The summed E-state index contributed by atoms with van der Waals surface area (Å²) in [5, 5.41) is 9.56. The van der Waals surface area contributed by atoms with Gasteiger partial charge in [-0.15, -0.1) is 0 Å². The Balaban J connectivity index is 2.15. The van der Waals surface area contributed by atoms with E-state index in [4.69, 9.17) is 19.7 Å². The quantitative estimate of drug-likeness (QED) is 0.598. The van der Waals surface area contributed by atoms with Crippen LogP contribution in [0.1, 0.15) is 91.9 Å². The zero-order valence-electron chi connectivity index (χ0n) is 14.9. The van der Waals surface area contributed by atoms with Crippen LogP contribution in [0.5, 0.6) is 0 Å². The summed E-state index contributed by atoms with van der Waals surface area (Å²) in [6, 6.07) is 0. The number of azo groups is 1. The molecule has 128 valence electrons. The zero-order valence-corrected chi connectivity index (χ0v) is 14.9. The van der Waals surface area contributed by atoms with Crippen molar-refractivity contribution in [2.45, 2.75) is 116 Å². The molecule has 0 heterocycles. The normalized spacial score (nSPS) is 25.2. The molecule has 0 aromatic carbocycles. The van der Waals surface area contributed by atoms with Gasteiger partial charge in [0.05, 0.1) is 12.2 Å². The van der Waals surface area contributed by atoms with Crippen LogP contribution in [0.15, 0.2) is 10.2 Å². The van der Waals surface area contributed by atoms with E-state index in [0.29, 0.717) is 0 Å². The van der Waals surface area contributed by atoms with Crippen LogP contribution in [-0.2, 0) is 9.47 Å². The van der Waals surface area contributed by atoms with Crippen molar-refractivity contribution in [2.24, 2.45) is 10.2 Å². The molecule has 0 aromatic rings. The number of ether oxygens (including phenoxy) is 2. The van der Waals surface area contributed by atoms with Gasteiger partial charge < -0.3 is 9.47 Å². The maximum Gasteiger partial charge on any atom is 0.179 e. The molecule has 2 rings (SSSR count). The molecule has 2 aliphatic carbocycles. The summed E-state index contributed by atoms with van der Waals surface area (Å²) in [4.78, 5) is 0. The SMILES string of the molecule is CC(C)OC1(N=NC2(OC(C)C)CCCCC2)CCCCC1. The molecule has 2 fully saturated rings. The van der Waals surface area contributed by atoms with Crippen molar-refractivity contribution in [2.75, 3.05) is 0 Å². The molecule has 0 saturated heterocycles. The average molecular weight is 310 g/mol. The van der Waals surface area contributed by atoms with Crippen molar-refractivity contribution < 1.29 is 9.47 Å². The maximum atomic E-state index is 6.20. The standard InChI is InChI=1S/C18H34N2O2/c1-15(2)21-17(11-7-5-8-12-17)19-20-18(22-16(3)4)13-9-6-10-14-18/h15-16H,5-14H2,1-4H3. The summed E-state index contributed by atoms with van der Waals surface area (Å²) < 4.78 is 12.4. The van der Waals surface area contributed by atoms with Gasteiger partial charge in [-0.05, 0) is 79.1 Å². The first kappa shape index (κ1) is 17.9. The Bertz CT molecular complexity index is 320. The van der Waals surface area contributed by atoms with Gasteiger partial charge in [0.2, 0.25) is 0 Å². The van der Waals surface area contributed by atoms with Crippen LogP contribution in [0.25, 0.3) is 0 Å². The highest BCUT2D eigenvalue weighted by molar-refractivity contribution is 4.86. The van der Waals surface area contributed by atoms with Gasteiger partial charge in [-0.2, -0.15) is 10.2 Å². The number of nitrogens with zero attached hydrogens (tertiary/aromatic N) is 2. The van der Waals surface area contributed by atoms with Crippen molar-refractivity contribution in [3.8, 4) is 0 Å². The van der Waals surface area contributed by atoms with Gasteiger partial charge in [-0.1, -0.05) is 12.8 Å². The van der Waals surface area contributed by atoms with Gasteiger partial charge in [0.1, 0.15) is 0 Å². The molecule has 4 heteroatoms. The average Bonchev–Trinajstić information content (AvgIpc) is 2.46. The fourth-order valence-electron chi connectivity index (χ4n) is 3.75. The van der Waals surface area contributed by atoms with Gasteiger partial charge in [-0.25, -0.2) is 0 Å². The lowest BCUT2D eigenvalue weighted by molar-refractivity contribution is -0.125. The third kappa shape index (κ3) is 5.02.